The van der Waals surface area contributed by atoms with E-state index in [9.17, 15) is 0 Å². The molecule has 1 N–H and O–H groups in total. The first-order valence-corrected chi connectivity index (χ1v) is 3.64. The second kappa shape index (κ2) is 2.70. The Hall–Kier alpha value is -1.77. The van der Waals surface area contributed by atoms with E-state index in [-0.39, 0.29) is 5.88 Å². The van der Waals surface area contributed by atoms with Gasteiger partial charge in [0, 0.05) is 24.7 Å². The number of rotatable bonds is 1. The largest absolute Gasteiger partial charge is 0.493 e. The first-order chi connectivity index (χ1) is 5.86. The van der Waals surface area contributed by atoms with Crippen LogP contribution in [-0.4, -0.2) is 14.7 Å². The van der Waals surface area contributed by atoms with Gasteiger partial charge in [-0.1, -0.05) is 0 Å². The van der Waals surface area contributed by atoms with Crippen LogP contribution in [-0.2, 0) is 0 Å². The lowest BCUT2D eigenvalue weighted by atomic mass is 10.4. The van der Waals surface area contributed by atoms with Gasteiger partial charge in [-0.05, 0) is 18.2 Å². The van der Waals surface area contributed by atoms with Crippen molar-refractivity contribution in [1.82, 2.24) is 9.55 Å². The average Bonchev–Trinajstić information content (AvgIpc) is 2.56. The van der Waals surface area contributed by atoms with Gasteiger partial charge in [-0.15, -0.1) is 0 Å². The van der Waals surface area contributed by atoms with Crippen molar-refractivity contribution >= 4 is 0 Å². The van der Waals surface area contributed by atoms with Crippen LogP contribution < -0.4 is 0 Å². The van der Waals surface area contributed by atoms with E-state index in [1.54, 1.807) is 12.3 Å². The number of hydrogen-bond donors (Lipinski definition) is 1. The van der Waals surface area contributed by atoms with Crippen molar-refractivity contribution in [3.63, 3.8) is 0 Å². The predicted octanol–water partition coefficient (Wildman–Crippen LogP) is 1.58. The predicted molar refractivity (Wildman–Crippen MR) is 45.2 cm³/mol. The highest BCUT2D eigenvalue weighted by molar-refractivity contribution is 5.34. The number of hydrogen-bond acceptors (Lipinski definition) is 2. The van der Waals surface area contributed by atoms with E-state index < -0.39 is 0 Å². The topological polar surface area (TPSA) is 38.0 Å². The zero-order chi connectivity index (χ0) is 8.39. The molecule has 2 rings (SSSR count). The molecule has 2 aromatic heterocycles. The van der Waals surface area contributed by atoms with Crippen molar-refractivity contribution in [3.8, 4) is 11.6 Å². The second-order valence-electron chi connectivity index (χ2n) is 2.46. The quantitative estimate of drug-likeness (QED) is 0.687. The Bertz CT molecular complexity index is 368. The average molecular weight is 160 g/mol. The molecule has 0 radical (unpaired) electrons. The summed E-state index contributed by atoms with van der Waals surface area (Å²) in [5.74, 6) is 0.0428. The molecule has 0 bridgehead atoms. The molecule has 2 aromatic rings. The van der Waals surface area contributed by atoms with Crippen molar-refractivity contribution in [1.29, 1.82) is 0 Å². The molecule has 0 aliphatic carbocycles. The Labute approximate surface area is 69.9 Å². The fraction of sp³-hybridized carbons (Fsp3) is 0. The van der Waals surface area contributed by atoms with Crippen LogP contribution in [0, 0.1) is 0 Å². The Kier molecular flexibility index (Phi) is 1.55. The summed E-state index contributed by atoms with van der Waals surface area (Å²) in [6.45, 7) is 0. The SMILES string of the molecule is Oc1cc(-n2cccc2)ccn1. The number of nitrogens with zero attached hydrogens (tertiary/aromatic N) is 2. The maximum Gasteiger partial charge on any atom is 0.212 e. The van der Waals surface area contributed by atoms with Gasteiger partial charge in [-0.3, -0.25) is 0 Å². The fourth-order valence-electron chi connectivity index (χ4n) is 1.07. The van der Waals surface area contributed by atoms with E-state index >= 15 is 0 Å². The third kappa shape index (κ3) is 1.16. The fourth-order valence-corrected chi connectivity index (χ4v) is 1.07. The Morgan fingerprint density at radius 1 is 1.25 bits per heavy atom. The van der Waals surface area contributed by atoms with Gasteiger partial charge in [-0.25, -0.2) is 4.98 Å². The summed E-state index contributed by atoms with van der Waals surface area (Å²) in [7, 11) is 0. The van der Waals surface area contributed by atoms with Crippen LogP contribution in [0.5, 0.6) is 5.88 Å². The third-order valence-corrected chi connectivity index (χ3v) is 1.63. The normalized spacial score (nSPS) is 10.0. The van der Waals surface area contributed by atoms with E-state index in [0.717, 1.165) is 5.69 Å². The van der Waals surface area contributed by atoms with E-state index in [1.807, 2.05) is 35.2 Å². The lowest BCUT2D eigenvalue weighted by Gasteiger charge is -2.01. The van der Waals surface area contributed by atoms with Crippen LogP contribution >= 0.6 is 0 Å². The van der Waals surface area contributed by atoms with Gasteiger partial charge in [0.05, 0.1) is 5.69 Å². The first-order valence-electron chi connectivity index (χ1n) is 3.64. The Morgan fingerprint density at radius 3 is 2.67 bits per heavy atom. The zero-order valence-corrected chi connectivity index (χ0v) is 6.38. The lowest BCUT2D eigenvalue weighted by molar-refractivity contribution is 0.453. The van der Waals surface area contributed by atoms with Gasteiger partial charge >= 0.3 is 0 Å². The van der Waals surface area contributed by atoms with Crippen molar-refractivity contribution in [3.05, 3.63) is 42.9 Å². The van der Waals surface area contributed by atoms with Gasteiger partial charge in [0.15, 0.2) is 0 Å². The number of aromatic nitrogens is 2. The Morgan fingerprint density at radius 2 is 2.00 bits per heavy atom. The van der Waals surface area contributed by atoms with Crippen LogP contribution in [0.3, 0.4) is 0 Å². The molecule has 0 atom stereocenters. The summed E-state index contributed by atoms with van der Waals surface area (Å²) in [5.41, 5.74) is 0.910. The van der Waals surface area contributed by atoms with Gasteiger partial charge in [0.25, 0.3) is 0 Å². The highest BCUT2D eigenvalue weighted by Gasteiger charge is 1.94. The summed E-state index contributed by atoms with van der Waals surface area (Å²) in [6.07, 6.45) is 5.40. The van der Waals surface area contributed by atoms with Crippen LogP contribution in [0.1, 0.15) is 0 Å². The molecule has 0 fully saturated rings. The minimum atomic E-state index is 0.0428. The molecule has 0 saturated heterocycles. The molecule has 0 aliphatic heterocycles. The molecule has 0 aliphatic rings. The van der Waals surface area contributed by atoms with Gasteiger partial charge in [0.2, 0.25) is 5.88 Å². The van der Waals surface area contributed by atoms with Crippen molar-refractivity contribution in [2.75, 3.05) is 0 Å². The molecule has 12 heavy (non-hydrogen) atoms. The summed E-state index contributed by atoms with van der Waals surface area (Å²) < 4.78 is 1.90. The monoisotopic (exact) mass is 160 g/mol. The molecule has 2 heterocycles. The summed E-state index contributed by atoms with van der Waals surface area (Å²) >= 11 is 0. The maximum atomic E-state index is 9.09. The van der Waals surface area contributed by atoms with Crippen LogP contribution in [0.15, 0.2) is 42.9 Å². The second-order valence-corrected chi connectivity index (χ2v) is 2.46. The molecular formula is C9H8N2O. The van der Waals surface area contributed by atoms with Crippen LogP contribution in [0.25, 0.3) is 5.69 Å². The highest BCUT2D eigenvalue weighted by Crippen LogP contribution is 2.11. The maximum absolute atomic E-state index is 9.09. The molecule has 0 unspecified atom stereocenters. The smallest absolute Gasteiger partial charge is 0.212 e. The van der Waals surface area contributed by atoms with Crippen molar-refractivity contribution in [2.24, 2.45) is 0 Å². The highest BCUT2D eigenvalue weighted by atomic mass is 16.3. The van der Waals surface area contributed by atoms with Crippen molar-refractivity contribution in [2.45, 2.75) is 0 Å². The lowest BCUT2D eigenvalue weighted by Crippen LogP contribution is -1.88. The third-order valence-electron chi connectivity index (χ3n) is 1.63. The van der Waals surface area contributed by atoms with Gasteiger partial charge in [-0.2, -0.15) is 0 Å². The van der Waals surface area contributed by atoms with E-state index in [4.69, 9.17) is 5.11 Å². The standard InChI is InChI=1S/C9H8N2O/c12-9-7-8(3-4-10-9)11-5-1-2-6-11/h1-7H,(H,10,12). The van der Waals surface area contributed by atoms with Crippen LogP contribution in [0.2, 0.25) is 0 Å². The minimum absolute atomic E-state index is 0.0428. The molecule has 0 amide bonds. The summed E-state index contributed by atoms with van der Waals surface area (Å²) in [5, 5.41) is 9.09. The molecule has 0 aromatic carbocycles. The van der Waals surface area contributed by atoms with Gasteiger partial charge < -0.3 is 9.67 Å². The van der Waals surface area contributed by atoms with E-state index in [0.29, 0.717) is 0 Å². The molecule has 3 heteroatoms. The molecule has 0 spiro atoms. The summed E-state index contributed by atoms with van der Waals surface area (Å²) in [6, 6.07) is 7.30. The van der Waals surface area contributed by atoms with Crippen LogP contribution in [0.4, 0.5) is 0 Å². The molecule has 60 valence electrons. The van der Waals surface area contributed by atoms with Gasteiger partial charge in [0.1, 0.15) is 0 Å². The van der Waals surface area contributed by atoms with E-state index in [1.165, 1.54) is 0 Å². The number of aromatic hydroxyl groups is 1. The summed E-state index contributed by atoms with van der Waals surface area (Å²) in [4.78, 5) is 3.69. The number of pyridine rings is 1. The minimum Gasteiger partial charge on any atom is -0.493 e. The molecular weight excluding hydrogens is 152 g/mol. The first kappa shape index (κ1) is 6.91. The molecule has 0 saturated carbocycles. The van der Waals surface area contributed by atoms with E-state index in [2.05, 4.69) is 4.98 Å². The zero-order valence-electron chi connectivity index (χ0n) is 6.38. The molecule has 3 nitrogen and oxygen atoms in total. The Balaban J connectivity index is 2.48. The van der Waals surface area contributed by atoms with Crippen molar-refractivity contribution < 1.29 is 5.11 Å².